The first-order valence-corrected chi connectivity index (χ1v) is 7.10. The third-order valence-corrected chi connectivity index (χ3v) is 4.49. The summed E-state index contributed by atoms with van der Waals surface area (Å²) in [4.78, 5) is 14.9. The number of methoxy groups -OCH3 is 1. The number of aliphatic hydroxyl groups is 1. The molecule has 1 N–H and O–H groups in total. The summed E-state index contributed by atoms with van der Waals surface area (Å²) in [6.45, 7) is 2.84. The minimum absolute atomic E-state index is 0.0209. The Labute approximate surface area is 111 Å². The number of hydrogen-bond acceptors (Lipinski definition) is 4. The van der Waals surface area contributed by atoms with Crippen molar-refractivity contribution in [3.63, 3.8) is 0 Å². The van der Waals surface area contributed by atoms with E-state index < -0.39 is 0 Å². The Hall–Kier alpha value is -1.07. The standard InChI is InChI=1S/C13H19NO3S/c1-9-4-3-6-14(10(9)8-15)13(16)12-11(17-2)5-7-18-12/h5,7,9-10,15H,3-4,6,8H2,1-2H3. The highest BCUT2D eigenvalue weighted by atomic mass is 32.1. The second-order valence-electron chi connectivity index (χ2n) is 4.69. The largest absolute Gasteiger partial charge is 0.495 e. The Morgan fingerprint density at radius 1 is 1.67 bits per heavy atom. The van der Waals surface area contributed by atoms with Gasteiger partial charge in [0.15, 0.2) is 0 Å². The van der Waals surface area contributed by atoms with Gasteiger partial charge in [0.2, 0.25) is 0 Å². The van der Waals surface area contributed by atoms with E-state index >= 15 is 0 Å². The quantitative estimate of drug-likeness (QED) is 0.913. The van der Waals surface area contributed by atoms with Gasteiger partial charge in [-0.1, -0.05) is 6.92 Å². The molecule has 2 rings (SSSR count). The predicted octanol–water partition coefficient (Wildman–Crippen LogP) is 1.99. The molecular weight excluding hydrogens is 250 g/mol. The summed E-state index contributed by atoms with van der Waals surface area (Å²) in [7, 11) is 1.57. The third-order valence-electron chi connectivity index (χ3n) is 3.61. The van der Waals surface area contributed by atoms with Gasteiger partial charge < -0.3 is 14.7 Å². The lowest BCUT2D eigenvalue weighted by atomic mass is 9.91. The van der Waals surface area contributed by atoms with Crippen molar-refractivity contribution in [1.82, 2.24) is 4.90 Å². The molecule has 0 aliphatic carbocycles. The maximum Gasteiger partial charge on any atom is 0.268 e. The molecule has 0 aromatic carbocycles. The molecule has 1 saturated heterocycles. The molecule has 2 unspecified atom stereocenters. The molecule has 0 saturated carbocycles. The zero-order valence-electron chi connectivity index (χ0n) is 10.8. The Morgan fingerprint density at radius 3 is 3.11 bits per heavy atom. The Balaban J connectivity index is 2.21. The molecule has 0 bridgehead atoms. The number of rotatable bonds is 3. The zero-order valence-corrected chi connectivity index (χ0v) is 11.6. The molecule has 0 radical (unpaired) electrons. The summed E-state index contributed by atoms with van der Waals surface area (Å²) in [5, 5.41) is 11.3. The maximum absolute atomic E-state index is 12.5. The predicted molar refractivity (Wildman–Crippen MR) is 71.2 cm³/mol. The number of nitrogens with zero attached hydrogens (tertiary/aromatic N) is 1. The van der Waals surface area contributed by atoms with Crippen molar-refractivity contribution in [3.05, 3.63) is 16.3 Å². The molecule has 1 aliphatic rings. The van der Waals surface area contributed by atoms with Crippen LogP contribution in [-0.4, -0.2) is 42.2 Å². The lowest BCUT2D eigenvalue weighted by Gasteiger charge is -2.38. The number of ether oxygens (including phenoxy) is 1. The monoisotopic (exact) mass is 269 g/mol. The molecule has 1 fully saturated rings. The summed E-state index contributed by atoms with van der Waals surface area (Å²) in [5.74, 6) is 0.950. The van der Waals surface area contributed by atoms with E-state index in [1.165, 1.54) is 11.3 Å². The van der Waals surface area contributed by atoms with E-state index in [1.807, 2.05) is 5.38 Å². The van der Waals surface area contributed by atoms with E-state index in [4.69, 9.17) is 4.74 Å². The number of piperidine rings is 1. The molecule has 1 aromatic rings. The molecular formula is C13H19NO3S. The third kappa shape index (κ3) is 2.37. The van der Waals surface area contributed by atoms with Gasteiger partial charge in [-0.3, -0.25) is 4.79 Å². The lowest BCUT2D eigenvalue weighted by Crippen LogP contribution is -2.49. The Bertz CT molecular complexity index is 418. The van der Waals surface area contributed by atoms with E-state index in [-0.39, 0.29) is 18.6 Å². The van der Waals surface area contributed by atoms with Gasteiger partial charge in [0, 0.05) is 6.54 Å². The molecule has 18 heavy (non-hydrogen) atoms. The normalized spacial score (nSPS) is 24.1. The van der Waals surface area contributed by atoms with Crippen LogP contribution in [0.1, 0.15) is 29.4 Å². The maximum atomic E-state index is 12.5. The summed E-state index contributed by atoms with van der Waals surface area (Å²) >= 11 is 1.39. The fourth-order valence-electron chi connectivity index (χ4n) is 2.52. The minimum atomic E-state index is -0.0712. The van der Waals surface area contributed by atoms with Gasteiger partial charge in [-0.2, -0.15) is 0 Å². The first-order chi connectivity index (χ1) is 8.69. The van der Waals surface area contributed by atoms with Crippen molar-refractivity contribution in [2.75, 3.05) is 20.3 Å². The molecule has 1 aliphatic heterocycles. The topological polar surface area (TPSA) is 49.8 Å². The van der Waals surface area contributed by atoms with Crippen LogP contribution in [0.2, 0.25) is 0 Å². The van der Waals surface area contributed by atoms with Crippen molar-refractivity contribution in [3.8, 4) is 5.75 Å². The first kappa shape index (κ1) is 13.4. The first-order valence-electron chi connectivity index (χ1n) is 6.22. The highest BCUT2D eigenvalue weighted by molar-refractivity contribution is 7.12. The highest BCUT2D eigenvalue weighted by Crippen LogP contribution is 2.30. The van der Waals surface area contributed by atoms with E-state index in [0.717, 1.165) is 19.4 Å². The van der Waals surface area contributed by atoms with Crippen molar-refractivity contribution < 1.29 is 14.6 Å². The van der Waals surface area contributed by atoms with Crippen molar-refractivity contribution in [2.45, 2.75) is 25.8 Å². The molecule has 1 amide bonds. The van der Waals surface area contributed by atoms with Crippen LogP contribution in [0.4, 0.5) is 0 Å². The SMILES string of the molecule is COc1ccsc1C(=O)N1CCCC(C)C1CO. The number of aliphatic hydroxyl groups excluding tert-OH is 1. The van der Waals surface area contributed by atoms with E-state index in [1.54, 1.807) is 18.1 Å². The van der Waals surface area contributed by atoms with Crippen LogP contribution in [0.5, 0.6) is 5.75 Å². The zero-order chi connectivity index (χ0) is 13.1. The number of carbonyl (C=O) groups is 1. The number of thiophene rings is 1. The number of carbonyl (C=O) groups excluding carboxylic acids is 1. The van der Waals surface area contributed by atoms with E-state index in [9.17, 15) is 9.90 Å². The fraction of sp³-hybridized carbons (Fsp3) is 0.615. The van der Waals surface area contributed by atoms with Crippen molar-refractivity contribution in [1.29, 1.82) is 0 Å². The van der Waals surface area contributed by atoms with Crippen LogP contribution >= 0.6 is 11.3 Å². The summed E-state index contributed by atoms with van der Waals surface area (Å²) in [6.07, 6.45) is 2.06. The number of hydrogen-bond donors (Lipinski definition) is 1. The van der Waals surface area contributed by atoms with Gasteiger partial charge in [0.1, 0.15) is 10.6 Å². The van der Waals surface area contributed by atoms with Gasteiger partial charge in [0.05, 0.1) is 19.8 Å². The summed E-state index contributed by atoms with van der Waals surface area (Å²) < 4.78 is 5.19. The fourth-order valence-corrected chi connectivity index (χ4v) is 3.34. The molecule has 2 atom stereocenters. The van der Waals surface area contributed by atoms with Gasteiger partial charge in [-0.25, -0.2) is 0 Å². The van der Waals surface area contributed by atoms with Crippen LogP contribution < -0.4 is 4.74 Å². The van der Waals surface area contributed by atoms with Gasteiger partial charge in [-0.05, 0) is 30.2 Å². The minimum Gasteiger partial charge on any atom is -0.495 e. The molecule has 2 heterocycles. The smallest absolute Gasteiger partial charge is 0.268 e. The van der Waals surface area contributed by atoms with Crippen LogP contribution in [0, 0.1) is 5.92 Å². The molecule has 4 nitrogen and oxygen atoms in total. The van der Waals surface area contributed by atoms with Gasteiger partial charge in [0.25, 0.3) is 5.91 Å². The van der Waals surface area contributed by atoms with Crippen LogP contribution in [0.15, 0.2) is 11.4 Å². The van der Waals surface area contributed by atoms with E-state index in [0.29, 0.717) is 16.5 Å². The van der Waals surface area contributed by atoms with Crippen LogP contribution in [0.25, 0.3) is 0 Å². The lowest BCUT2D eigenvalue weighted by molar-refractivity contribution is 0.0360. The van der Waals surface area contributed by atoms with Crippen molar-refractivity contribution in [2.24, 2.45) is 5.92 Å². The summed E-state index contributed by atoms with van der Waals surface area (Å²) in [6, 6.07) is 1.73. The molecule has 5 heteroatoms. The van der Waals surface area contributed by atoms with E-state index in [2.05, 4.69) is 6.92 Å². The van der Waals surface area contributed by atoms with Gasteiger partial charge >= 0.3 is 0 Å². The second kappa shape index (κ2) is 5.71. The van der Waals surface area contributed by atoms with Crippen LogP contribution in [-0.2, 0) is 0 Å². The van der Waals surface area contributed by atoms with Crippen molar-refractivity contribution >= 4 is 17.2 Å². The molecule has 1 aromatic heterocycles. The molecule has 0 spiro atoms. The number of likely N-dealkylation sites (tertiary alicyclic amines) is 1. The Kier molecular flexibility index (Phi) is 4.24. The van der Waals surface area contributed by atoms with Crippen LogP contribution in [0.3, 0.4) is 0 Å². The average molecular weight is 269 g/mol. The Morgan fingerprint density at radius 2 is 2.44 bits per heavy atom. The average Bonchev–Trinajstić information content (AvgIpc) is 2.85. The number of amides is 1. The summed E-state index contributed by atoms with van der Waals surface area (Å²) in [5.41, 5.74) is 0. The van der Waals surface area contributed by atoms with Gasteiger partial charge in [-0.15, -0.1) is 11.3 Å². The molecule has 100 valence electrons. The highest BCUT2D eigenvalue weighted by Gasteiger charge is 2.33. The second-order valence-corrected chi connectivity index (χ2v) is 5.60.